The van der Waals surface area contributed by atoms with Crippen molar-refractivity contribution in [3.8, 4) is 0 Å². The molecule has 0 aliphatic carbocycles. The first-order valence-electron chi connectivity index (χ1n) is 7.69. The first kappa shape index (κ1) is 17.5. The molecule has 3 rings (SSSR count). The molecule has 0 aromatic carbocycles. The third-order valence-corrected chi connectivity index (χ3v) is 4.18. The third kappa shape index (κ3) is 2.72. The molecule has 2 aliphatic heterocycles. The Kier molecular flexibility index (Phi) is 4.37. The van der Waals surface area contributed by atoms with Crippen LogP contribution in [0.4, 0.5) is 0 Å². The van der Waals surface area contributed by atoms with Crippen LogP contribution in [0.2, 0.25) is 0 Å². The quantitative estimate of drug-likeness (QED) is 0.478. The second kappa shape index (κ2) is 6.23. The number of carbonyl (C=O) groups excluding carboxylic acids is 1. The number of Topliss-reactive ketones (excluding diaryl/α,β-unsaturated/α-hetero) is 1. The van der Waals surface area contributed by atoms with Gasteiger partial charge in [0.05, 0.1) is 0 Å². The molecule has 134 valence electrons. The lowest BCUT2D eigenvalue weighted by atomic mass is 10.0. The number of aliphatic hydroxyl groups excluding tert-OH is 3. The molecule has 0 radical (unpaired) electrons. The van der Waals surface area contributed by atoms with Gasteiger partial charge in [-0.1, -0.05) is 0 Å². The van der Waals surface area contributed by atoms with Crippen molar-refractivity contribution in [2.75, 3.05) is 0 Å². The number of aliphatic hydroxyl groups is 3. The van der Waals surface area contributed by atoms with Crippen LogP contribution < -0.4 is 11.0 Å². The van der Waals surface area contributed by atoms with E-state index in [1.54, 1.807) is 13.8 Å². The van der Waals surface area contributed by atoms with E-state index in [-0.39, 0.29) is 17.0 Å². The Morgan fingerprint density at radius 1 is 1.32 bits per heavy atom. The SMILES string of the molecule is CC(=O)C(O)[C@H]1O[C@@H](n2c(=C(C)C)nc3c2=NC=NC3=N)[C@H](O)[C@@H]1O. The predicted octanol–water partition coefficient (Wildman–Crippen LogP) is -2.37. The Labute approximate surface area is 142 Å². The van der Waals surface area contributed by atoms with Crippen molar-refractivity contribution in [3.63, 3.8) is 0 Å². The maximum absolute atomic E-state index is 11.4. The fraction of sp³-hybridized carbons (Fsp3) is 0.533. The minimum Gasteiger partial charge on any atom is -0.387 e. The number of hydrogen-bond donors (Lipinski definition) is 4. The number of amidine groups is 1. The van der Waals surface area contributed by atoms with E-state index < -0.39 is 36.4 Å². The van der Waals surface area contributed by atoms with E-state index in [1.165, 1.54) is 17.8 Å². The number of rotatable bonds is 3. The van der Waals surface area contributed by atoms with Gasteiger partial charge in [0, 0.05) is 0 Å². The number of fused-ring (bicyclic) bond motifs is 1. The van der Waals surface area contributed by atoms with E-state index in [4.69, 9.17) is 10.1 Å². The van der Waals surface area contributed by atoms with Gasteiger partial charge in [0.2, 0.25) is 0 Å². The molecule has 0 spiro atoms. The smallest absolute Gasteiger partial charge is 0.176 e. The van der Waals surface area contributed by atoms with Gasteiger partial charge in [-0.25, -0.2) is 15.0 Å². The number of nitrogens with zero attached hydrogens (tertiary/aromatic N) is 4. The average Bonchev–Trinajstić information content (AvgIpc) is 3.07. The van der Waals surface area contributed by atoms with Crippen LogP contribution in [0.1, 0.15) is 32.7 Å². The first-order chi connectivity index (χ1) is 11.7. The van der Waals surface area contributed by atoms with Gasteiger partial charge >= 0.3 is 0 Å². The normalized spacial score (nSPS) is 29.3. The van der Waals surface area contributed by atoms with Gasteiger partial charge in [0.15, 0.2) is 29.0 Å². The zero-order chi connectivity index (χ0) is 18.5. The fourth-order valence-corrected chi connectivity index (χ4v) is 2.89. The van der Waals surface area contributed by atoms with Crippen molar-refractivity contribution in [2.24, 2.45) is 9.98 Å². The summed E-state index contributed by atoms with van der Waals surface area (Å²) in [6.07, 6.45) is -5.67. The molecule has 5 atom stereocenters. The molecule has 1 saturated heterocycles. The Hall–Kier alpha value is -2.27. The number of aromatic nitrogens is 2. The lowest BCUT2D eigenvalue weighted by Crippen LogP contribution is -2.42. The van der Waals surface area contributed by atoms with Crippen molar-refractivity contribution >= 4 is 23.5 Å². The molecule has 4 N–H and O–H groups in total. The third-order valence-electron chi connectivity index (χ3n) is 4.18. The van der Waals surface area contributed by atoms with Crippen LogP contribution in [-0.2, 0) is 9.53 Å². The number of imidazole rings is 1. The second-order valence-electron chi connectivity index (χ2n) is 6.23. The Morgan fingerprint density at radius 3 is 2.60 bits per heavy atom. The number of hydrogen-bond acceptors (Lipinski definition) is 8. The maximum atomic E-state index is 11.4. The van der Waals surface area contributed by atoms with Crippen molar-refractivity contribution in [1.29, 1.82) is 5.41 Å². The summed E-state index contributed by atoms with van der Waals surface area (Å²) in [5, 5.41) is 38.4. The van der Waals surface area contributed by atoms with Crippen LogP contribution in [-0.4, -0.2) is 67.2 Å². The highest BCUT2D eigenvalue weighted by atomic mass is 16.6. The summed E-state index contributed by atoms with van der Waals surface area (Å²) >= 11 is 0. The van der Waals surface area contributed by atoms with E-state index in [1.807, 2.05) is 0 Å². The molecule has 0 bridgehead atoms. The first-order valence-corrected chi connectivity index (χ1v) is 7.69. The van der Waals surface area contributed by atoms with Crippen LogP contribution in [0, 0.1) is 5.41 Å². The number of carbonyl (C=O) groups is 1. The lowest BCUT2D eigenvalue weighted by molar-refractivity contribution is -0.139. The van der Waals surface area contributed by atoms with E-state index in [0.29, 0.717) is 5.48 Å². The van der Waals surface area contributed by atoms with Crippen LogP contribution in [0.15, 0.2) is 9.98 Å². The van der Waals surface area contributed by atoms with Crippen LogP contribution in [0.5, 0.6) is 0 Å². The Balaban J connectivity index is 2.15. The molecular weight excluding hydrogens is 330 g/mol. The number of aliphatic imine (C=N–C) groups is 1. The number of ether oxygens (including phenoxy) is 1. The highest BCUT2D eigenvalue weighted by Crippen LogP contribution is 2.30. The summed E-state index contributed by atoms with van der Waals surface area (Å²) in [5.74, 6) is -0.666. The molecule has 1 aromatic heterocycles. The monoisotopic (exact) mass is 349 g/mol. The van der Waals surface area contributed by atoms with E-state index in [9.17, 15) is 20.1 Å². The molecule has 25 heavy (non-hydrogen) atoms. The maximum Gasteiger partial charge on any atom is 0.176 e. The van der Waals surface area contributed by atoms with Crippen LogP contribution in [0.25, 0.3) is 5.57 Å². The minimum absolute atomic E-state index is 0.0837. The van der Waals surface area contributed by atoms with Gasteiger partial charge in [-0.3, -0.25) is 14.8 Å². The molecule has 1 fully saturated rings. The summed E-state index contributed by atoms with van der Waals surface area (Å²) in [7, 11) is 0. The summed E-state index contributed by atoms with van der Waals surface area (Å²) in [6.45, 7) is 4.74. The van der Waals surface area contributed by atoms with E-state index in [0.717, 1.165) is 5.57 Å². The largest absolute Gasteiger partial charge is 0.387 e. The van der Waals surface area contributed by atoms with Gasteiger partial charge in [0.1, 0.15) is 36.2 Å². The standard InChI is InChI=1S/C15H19N5O5/c1-5(2)13-19-7-12(16)17-4-18-14(7)20(13)15-10(24)9(23)11(25-15)8(22)6(3)21/h4,8-11,15-16,22-24H,1-3H3/t8?,9-,10+,11+,15+/m0/s1. The molecule has 1 aromatic rings. The zero-order valence-electron chi connectivity index (χ0n) is 13.9. The Morgan fingerprint density at radius 2 is 2.00 bits per heavy atom. The number of ketones is 1. The zero-order valence-corrected chi connectivity index (χ0v) is 13.9. The van der Waals surface area contributed by atoms with E-state index >= 15 is 0 Å². The topological polar surface area (TPSA) is 153 Å². The summed E-state index contributed by atoms with van der Waals surface area (Å²) in [6, 6.07) is 0. The summed E-state index contributed by atoms with van der Waals surface area (Å²) in [5.41, 5.74) is 1.64. The summed E-state index contributed by atoms with van der Waals surface area (Å²) < 4.78 is 7.06. The van der Waals surface area contributed by atoms with Crippen LogP contribution in [0.3, 0.4) is 0 Å². The van der Waals surface area contributed by atoms with Gasteiger partial charge < -0.3 is 20.1 Å². The molecule has 10 heteroatoms. The van der Waals surface area contributed by atoms with Crippen molar-refractivity contribution in [3.05, 3.63) is 16.7 Å². The highest BCUT2D eigenvalue weighted by molar-refractivity contribution is 6.00. The van der Waals surface area contributed by atoms with E-state index in [2.05, 4.69) is 15.0 Å². The molecule has 0 saturated carbocycles. The predicted molar refractivity (Wildman–Crippen MR) is 85.7 cm³/mol. The molecular formula is C15H19N5O5. The lowest BCUT2D eigenvalue weighted by Gasteiger charge is -2.19. The van der Waals surface area contributed by atoms with Gasteiger partial charge in [-0.2, -0.15) is 0 Å². The molecule has 0 amide bonds. The van der Waals surface area contributed by atoms with Gasteiger partial charge in [-0.05, 0) is 26.3 Å². The molecule has 2 aliphatic rings. The average molecular weight is 349 g/mol. The van der Waals surface area contributed by atoms with Crippen LogP contribution >= 0.6 is 0 Å². The second-order valence-corrected chi connectivity index (χ2v) is 6.23. The molecule has 10 nitrogen and oxygen atoms in total. The van der Waals surface area contributed by atoms with Gasteiger partial charge in [-0.15, -0.1) is 0 Å². The van der Waals surface area contributed by atoms with Crippen molar-refractivity contribution in [1.82, 2.24) is 9.55 Å². The Bertz CT molecular complexity index is 885. The van der Waals surface area contributed by atoms with Crippen molar-refractivity contribution in [2.45, 2.75) is 51.4 Å². The van der Waals surface area contributed by atoms with Crippen molar-refractivity contribution < 1.29 is 24.9 Å². The fourth-order valence-electron chi connectivity index (χ4n) is 2.89. The molecule has 1 unspecified atom stereocenters. The number of nitrogens with one attached hydrogen (secondary N) is 1. The summed E-state index contributed by atoms with van der Waals surface area (Å²) in [4.78, 5) is 23.6. The highest BCUT2D eigenvalue weighted by Gasteiger charge is 2.48. The minimum atomic E-state index is -1.57. The van der Waals surface area contributed by atoms with Gasteiger partial charge in [0.25, 0.3) is 0 Å². The molecule has 3 heterocycles.